The summed E-state index contributed by atoms with van der Waals surface area (Å²) < 4.78 is 27.1. The highest BCUT2D eigenvalue weighted by Crippen LogP contribution is 2.55. The van der Waals surface area contributed by atoms with Crippen molar-refractivity contribution in [2.75, 3.05) is 12.4 Å². The first-order valence-electron chi connectivity index (χ1n) is 12.2. The first-order chi connectivity index (χ1) is 16.7. The van der Waals surface area contributed by atoms with Crippen molar-refractivity contribution in [3.63, 3.8) is 0 Å². The Hall–Kier alpha value is -2.58. The van der Waals surface area contributed by atoms with Crippen molar-refractivity contribution in [1.29, 1.82) is 0 Å². The first-order valence-corrected chi connectivity index (χ1v) is 14.0. The number of nitrogens with one attached hydrogen (secondary N) is 1. The summed E-state index contributed by atoms with van der Waals surface area (Å²) in [5.41, 5.74) is 1.28. The van der Waals surface area contributed by atoms with E-state index in [4.69, 9.17) is 11.6 Å². The molecule has 4 saturated carbocycles. The number of nitrogens with zero attached hydrogens (tertiary/aromatic N) is 2. The Morgan fingerprint density at radius 3 is 2.43 bits per heavy atom. The molecule has 7 rings (SSSR count). The van der Waals surface area contributed by atoms with Crippen molar-refractivity contribution in [3.05, 3.63) is 58.6 Å². The molecule has 35 heavy (non-hydrogen) atoms. The van der Waals surface area contributed by atoms with E-state index in [1.807, 2.05) is 11.9 Å². The molecule has 4 aliphatic carbocycles. The standard InChI is InChI=1S/C26H28ClN3O4S/c1-29(24-19-9-16-7-17(11-19)12-20(24)10-16)25(31)18-4-2-3-15(8-18)14-30-26(32)28-22-6-5-21(27)13-23(22)35(30,33)34/h2-6,8,13,16-17,19-20,24H,7,9-12,14H2,1H3,(H,28,32). The molecule has 184 valence electrons. The zero-order valence-corrected chi connectivity index (χ0v) is 21.1. The Labute approximate surface area is 210 Å². The summed E-state index contributed by atoms with van der Waals surface area (Å²) in [5.74, 6) is 2.78. The quantitative estimate of drug-likeness (QED) is 0.625. The van der Waals surface area contributed by atoms with E-state index in [0.29, 0.717) is 23.0 Å². The second-order valence-electron chi connectivity index (χ2n) is 10.6. The Morgan fingerprint density at radius 2 is 1.74 bits per heavy atom. The predicted molar refractivity (Wildman–Crippen MR) is 133 cm³/mol. The van der Waals surface area contributed by atoms with Gasteiger partial charge in [0, 0.05) is 23.7 Å². The van der Waals surface area contributed by atoms with E-state index in [1.165, 1.54) is 50.3 Å². The molecular weight excluding hydrogens is 486 g/mol. The third-order valence-electron chi connectivity index (χ3n) is 8.42. The van der Waals surface area contributed by atoms with Gasteiger partial charge in [-0.3, -0.25) is 4.79 Å². The van der Waals surface area contributed by atoms with E-state index in [9.17, 15) is 18.0 Å². The number of halogens is 1. The van der Waals surface area contributed by atoms with E-state index < -0.39 is 16.1 Å². The normalized spacial score (nSPS) is 30.1. The Bertz CT molecular complexity index is 1300. The minimum atomic E-state index is -4.09. The molecule has 7 nitrogen and oxygen atoms in total. The van der Waals surface area contributed by atoms with Crippen LogP contribution in [0.25, 0.3) is 0 Å². The molecule has 0 spiro atoms. The van der Waals surface area contributed by atoms with Crippen LogP contribution in [0.4, 0.5) is 10.5 Å². The molecule has 9 heteroatoms. The third-order valence-corrected chi connectivity index (χ3v) is 10.4. The van der Waals surface area contributed by atoms with Crippen molar-refractivity contribution >= 4 is 39.2 Å². The van der Waals surface area contributed by atoms with Crippen molar-refractivity contribution in [2.24, 2.45) is 23.7 Å². The van der Waals surface area contributed by atoms with Crippen LogP contribution in [0.15, 0.2) is 47.4 Å². The van der Waals surface area contributed by atoms with Gasteiger partial charge in [-0.15, -0.1) is 0 Å². The van der Waals surface area contributed by atoms with E-state index in [2.05, 4.69) is 5.32 Å². The van der Waals surface area contributed by atoms with E-state index in [-0.39, 0.29) is 34.1 Å². The number of carbonyl (C=O) groups excluding carboxylic acids is 2. The monoisotopic (exact) mass is 513 g/mol. The molecule has 4 bridgehead atoms. The fourth-order valence-corrected chi connectivity index (χ4v) is 8.94. The van der Waals surface area contributed by atoms with Gasteiger partial charge in [-0.2, -0.15) is 0 Å². The number of hydrogen-bond acceptors (Lipinski definition) is 4. The summed E-state index contributed by atoms with van der Waals surface area (Å²) in [6.45, 7) is -0.178. The highest BCUT2D eigenvalue weighted by Gasteiger charge is 2.50. The number of fused-ring (bicyclic) bond motifs is 1. The number of amides is 3. The van der Waals surface area contributed by atoms with Gasteiger partial charge in [0.1, 0.15) is 4.90 Å². The van der Waals surface area contributed by atoms with Gasteiger partial charge in [-0.05, 0) is 91.7 Å². The molecule has 0 atom stereocenters. The van der Waals surface area contributed by atoms with Gasteiger partial charge >= 0.3 is 6.03 Å². The van der Waals surface area contributed by atoms with Crippen molar-refractivity contribution in [1.82, 2.24) is 9.21 Å². The zero-order valence-electron chi connectivity index (χ0n) is 19.5. The van der Waals surface area contributed by atoms with Crippen LogP contribution in [0.1, 0.15) is 48.0 Å². The second kappa shape index (κ2) is 8.23. The molecule has 1 N–H and O–H groups in total. The summed E-state index contributed by atoms with van der Waals surface area (Å²) in [6, 6.07) is 10.8. The average molecular weight is 514 g/mol. The Morgan fingerprint density at radius 1 is 1.06 bits per heavy atom. The van der Waals surface area contributed by atoms with E-state index in [0.717, 1.165) is 16.1 Å². The van der Waals surface area contributed by atoms with Gasteiger partial charge in [-0.25, -0.2) is 17.5 Å². The van der Waals surface area contributed by atoms with Crippen LogP contribution < -0.4 is 5.32 Å². The van der Waals surface area contributed by atoms with Gasteiger partial charge in [-0.1, -0.05) is 23.7 Å². The van der Waals surface area contributed by atoms with Gasteiger partial charge in [0.15, 0.2) is 0 Å². The molecule has 0 aromatic heterocycles. The highest BCUT2D eigenvalue weighted by molar-refractivity contribution is 7.90. The number of sulfonamides is 1. The Balaban J connectivity index is 1.23. The molecule has 2 aromatic rings. The van der Waals surface area contributed by atoms with Crippen molar-refractivity contribution < 1.29 is 18.0 Å². The third kappa shape index (κ3) is 3.82. The molecule has 3 amide bonds. The number of hydrogen-bond donors (Lipinski definition) is 1. The summed E-state index contributed by atoms with van der Waals surface area (Å²) in [5, 5.41) is 2.88. The molecule has 2 aromatic carbocycles. The maximum atomic E-state index is 13.5. The second-order valence-corrected chi connectivity index (χ2v) is 12.9. The van der Waals surface area contributed by atoms with Gasteiger partial charge in [0.05, 0.1) is 12.2 Å². The lowest BCUT2D eigenvalue weighted by Crippen LogP contribution is -2.56. The van der Waals surface area contributed by atoms with Gasteiger partial charge < -0.3 is 10.2 Å². The summed E-state index contributed by atoms with van der Waals surface area (Å²) in [7, 11) is -2.18. The fraction of sp³-hybridized carbons (Fsp3) is 0.462. The molecular formula is C26H28ClN3O4S. The lowest BCUT2D eigenvalue weighted by molar-refractivity contribution is -0.0491. The number of urea groups is 1. The van der Waals surface area contributed by atoms with Crippen LogP contribution in [-0.4, -0.2) is 42.7 Å². The molecule has 4 fully saturated rings. The van der Waals surface area contributed by atoms with Gasteiger partial charge in [0.25, 0.3) is 15.9 Å². The molecule has 0 saturated heterocycles. The van der Waals surface area contributed by atoms with Gasteiger partial charge in [0.2, 0.25) is 0 Å². The minimum Gasteiger partial charge on any atom is -0.338 e. The van der Waals surface area contributed by atoms with Crippen LogP contribution in [0, 0.1) is 23.7 Å². The lowest BCUT2D eigenvalue weighted by Gasteiger charge is -2.56. The van der Waals surface area contributed by atoms with Crippen LogP contribution >= 0.6 is 11.6 Å². The smallest absolute Gasteiger partial charge is 0.336 e. The number of anilines is 1. The fourth-order valence-electron chi connectivity index (χ4n) is 7.21. The number of carbonyl (C=O) groups is 2. The van der Waals surface area contributed by atoms with Crippen LogP contribution in [0.3, 0.4) is 0 Å². The maximum Gasteiger partial charge on any atom is 0.336 e. The Kier molecular flexibility index (Phi) is 5.38. The van der Waals surface area contributed by atoms with Crippen molar-refractivity contribution in [2.45, 2.75) is 49.6 Å². The highest BCUT2D eigenvalue weighted by atomic mass is 35.5. The zero-order chi connectivity index (χ0) is 24.5. The molecule has 5 aliphatic rings. The van der Waals surface area contributed by atoms with Crippen LogP contribution in [0.5, 0.6) is 0 Å². The average Bonchev–Trinajstić information content (AvgIpc) is 2.81. The first kappa shape index (κ1) is 22.9. The minimum absolute atomic E-state index is 0.0431. The number of benzene rings is 2. The SMILES string of the molecule is CN(C(=O)c1cccc(CN2C(=O)Nc3ccc(Cl)cc3S2(=O)=O)c1)C1C2CC3CC(C2)CC1C3. The van der Waals surface area contributed by atoms with Crippen LogP contribution in [0.2, 0.25) is 5.02 Å². The summed E-state index contributed by atoms with van der Waals surface area (Å²) >= 11 is 6.01. The molecule has 0 unspecified atom stereocenters. The lowest BCUT2D eigenvalue weighted by atomic mass is 9.54. The largest absolute Gasteiger partial charge is 0.338 e. The molecule has 0 radical (unpaired) electrons. The molecule has 1 heterocycles. The maximum absolute atomic E-state index is 13.5. The van der Waals surface area contributed by atoms with Crippen molar-refractivity contribution in [3.8, 4) is 0 Å². The van der Waals surface area contributed by atoms with Crippen LogP contribution in [-0.2, 0) is 16.6 Å². The summed E-state index contributed by atoms with van der Waals surface area (Å²) in [4.78, 5) is 28.1. The topological polar surface area (TPSA) is 86.8 Å². The molecule has 1 aliphatic heterocycles. The van der Waals surface area contributed by atoms with E-state index in [1.54, 1.807) is 24.3 Å². The predicted octanol–water partition coefficient (Wildman–Crippen LogP) is 4.97. The number of rotatable bonds is 4. The summed E-state index contributed by atoms with van der Waals surface area (Å²) in [6.07, 6.45) is 6.26. The van der Waals surface area contributed by atoms with E-state index >= 15 is 0 Å².